The van der Waals surface area contributed by atoms with E-state index in [0.717, 1.165) is 22.2 Å². The number of rotatable bonds is 3. The maximum atomic E-state index is 6.11. The van der Waals surface area contributed by atoms with Crippen molar-refractivity contribution in [3.05, 3.63) is 81.8 Å². The fraction of sp³-hybridized carbons (Fsp3) is 0. The van der Waals surface area contributed by atoms with E-state index in [0.29, 0.717) is 26.7 Å². The highest BCUT2D eigenvalue weighted by molar-refractivity contribution is 6.35. The maximum absolute atomic E-state index is 6.11. The number of benzene rings is 3. The topological polar surface area (TPSA) is 37.8 Å². The highest BCUT2D eigenvalue weighted by Crippen LogP contribution is 2.30. The summed E-state index contributed by atoms with van der Waals surface area (Å²) >= 11 is 18.2. The monoisotopic (exact) mass is 399 g/mol. The van der Waals surface area contributed by atoms with Crippen LogP contribution in [0.5, 0.6) is 0 Å². The van der Waals surface area contributed by atoms with Gasteiger partial charge in [-0.25, -0.2) is 9.97 Å². The fourth-order valence-electron chi connectivity index (χ4n) is 2.66. The molecule has 1 heterocycles. The molecule has 0 spiro atoms. The third-order valence-electron chi connectivity index (χ3n) is 3.83. The van der Waals surface area contributed by atoms with Gasteiger partial charge in [-0.3, -0.25) is 0 Å². The number of fused-ring (bicyclic) bond motifs is 1. The van der Waals surface area contributed by atoms with Crippen molar-refractivity contribution in [3.8, 4) is 11.4 Å². The summed E-state index contributed by atoms with van der Waals surface area (Å²) in [7, 11) is 0. The van der Waals surface area contributed by atoms with E-state index in [1.165, 1.54) is 0 Å². The van der Waals surface area contributed by atoms with Crippen LogP contribution in [0.3, 0.4) is 0 Å². The van der Waals surface area contributed by atoms with Crippen LogP contribution in [-0.2, 0) is 0 Å². The average molecular weight is 401 g/mol. The minimum atomic E-state index is 0.552. The number of aromatic nitrogens is 2. The third-order valence-corrected chi connectivity index (χ3v) is 4.52. The molecule has 0 radical (unpaired) electrons. The molecule has 0 bridgehead atoms. The molecule has 0 unspecified atom stereocenters. The van der Waals surface area contributed by atoms with Crippen LogP contribution in [0, 0.1) is 0 Å². The lowest BCUT2D eigenvalue weighted by molar-refractivity contribution is 1.22. The van der Waals surface area contributed by atoms with Gasteiger partial charge in [0.2, 0.25) is 0 Å². The molecule has 1 N–H and O–H groups in total. The second-order valence-corrected chi connectivity index (χ2v) is 7.01. The average Bonchev–Trinajstić information content (AvgIpc) is 2.61. The molecular weight excluding hydrogens is 389 g/mol. The number of anilines is 2. The van der Waals surface area contributed by atoms with Crippen molar-refractivity contribution in [1.29, 1.82) is 0 Å². The van der Waals surface area contributed by atoms with Gasteiger partial charge in [-0.15, -0.1) is 0 Å². The van der Waals surface area contributed by atoms with Crippen molar-refractivity contribution in [2.24, 2.45) is 0 Å². The molecule has 4 aromatic rings. The van der Waals surface area contributed by atoms with Gasteiger partial charge in [0.1, 0.15) is 5.82 Å². The van der Waals surface area contributed by atoms with E-state index >= 15 is 0 Å². The molecule has 0 fully saturated rings. The standard InChI is InChI=1S/C20H12Cl3N3/c21-13-7-5-12(6-8-13)19-25-18-4-2-1-3-17(18)20(26-19)24-16-10-14(22)9-15(23)11-16/h1-11H,(H,24,25,26). The Morgan fingerprint density at radius 2 is 1.38 bits per heavy atom. The summed E-state index contributed by atoms with van der Waals surface area (Å²) in [6, 6.07) is 20.5. The normalized spacial score (nSPS) is 10.9. The van der Waals surface area contributed by atoms with Crippen LogP contribution in [0.1, 0.15) is 0 Å². The minimum Gasteiger partial charge on any atom is -0.340 e. The minimum absolute atomic E-state index is 0.552. The summed E-state index contributed by atoms with van der Waals surface area (Å²) in [6.07, 6.45) is 0. The third kappa shape index (κ3) is 3.61. The van der Waals surface area contributed by atoms with Crippen LogP contribution in [0.25, 0.3) is 22.3 Å². The molecule has 0 atom stereocenters. The molecule has 3 nitrogen and oxygen atoms in total. The first-order chi connectivity index (χ1) is 12.6. The molecule has 4 rings (SSSR count). The lowest BCUT2D eigenvalue weighted by Gasteiger charge is -2.12. The SMILES string of the molecule is Clc1ccc(-c2nc(Nc3cc(Cl)cc(Cl)c3)c3ccccc3n2)cc1. The van der Waals surface area contributed by atoms with E-state index in [4.69, 9.17) is 39.8 Å². The van der Waals surface area contributed by atoms with Gasteiger partial charge in [-0.2, -0.15) is 0 Å². The highest BCUT2D eigenvalue weighted by Gasteiger charge is 2.10. The molecule has 6 heteroatoms. The predicted octanol–water partition coefficient (Wildman–Crippen LogP) is 7.00. The summed E-state index contributed by atoms with van der Waals surface area (Å²) in [6.45, 7) is 0. The Bertz CT molecular complexity index is 1070. The Hall–Kier alpha value is -2.33. The zero-order valence-electron chi connectivity index (χ0n) is 13.4. The van der Waals surface area contributed by atoms with Crippen LogP contribution in [0.2, 0.25) is 15.1 Å². The number of nitrogens with one attached hydrogen (secondary N) is 1. The second kappa shape index (κ2) is 7.12. The Labute approximate surface area is 165 Å². The van der Waals surface area contributed by atoms with E-state index < -0.39 is 0 Å². The Kier molecular flexibility index (Phi) is 4.68. The molecule has 0 amide bonds. The molecule has 128 valence electrons. The summed E-state index contributed by atoms with van der Waals surface area (Å²) < 4.78 is 0. The number of para-hydroxylation sites is 1. The molecule has 3 aromatic carbocycles. The lowest BCUT2D eigenvalue weighted by Crippen LogP contribution is -1.99. The number of hydrogen-bond donors (Lipinski definition) is 1. The number of nitrogens with zero attached hydrogens (tertiary/aromatic N) is 2. The van der Waals surface area contributed by atoms with Crippen molar-refractivity contribution < 1.29 is 0 Å². The fourth-order valence-corrected chi connectivity index (χ4v) is 3.31. The summed E-state index contributed by atoms with van der Waals surface area (Å²) in [4.78, 5) is 9.37. The highest BCUT2D eigenvalue weighted by atomic mass is 35.5. The van der Waals surface area contributed by atoms with Crippen molar-refractivity contribution in [2.75, 3.05) is 5.32 Å². The van der Waals surface area contributed by atoms with E-state index in [2.05, 4.69) is 10.3 Å². The van der Waals surface area contributed by atoms with Gasteiger partial charge in [-0.05, 0) is 54.6 Å². The number of hydrogen-bond acceptors (Lipinski definition) is 3. The summed E-state index contributed by atoms with van der Waals surface area (Å²) in [5.41, 5.74) is 2.48. The van der Waals surface area contributed by atoms with Gasteiger partial charge < -0.3 is 5.32 Å². The second-order valence-electron chi connectivity index (χ2n) is 5.70. The zero-order valence-corrected chi connectivity index (χ0v) is 15.6. The van der Waals surface area contributed by atoms with Gasteiger partial charge in [0, 0.05) is 31.7 Å². The van der Waals surface area contributed by atoms with Crippen molar-refractivity contribution in [1.82, 2.24) is 9.97 Å². The van der Waals surface area contributed by atoms with Crippen LogP contribution >= 0.6 is 34.8 Å². The molecule has 26 heavy (non-hydrogen) atoms. The van der Waals surface area contributed by atoms with Gasteiger partial charge in [-0.1, -0.05) is 46.9 Å². The summed E-state index contributed by atoms with van der Waals surface area (Å²) in [5, 5.41) is 5.98. The molecule has 0 saturated heterocycles. The van der Waals surface area contributed by atoms with E-state index in [9.17, 15) is 0 Å². The summed E-state index contributed by atoms with van der Waals surface area (Å²) in [5.74, 6) is 1.29. The number of halogens is 3. The van der Waals surface area contributed by atoms with Crippen molar-refractivity contribution in [3.63, 3.8) is 0 Å². The first kappa shape index (κ1) is 17.1. The first-order valence-electron chi connectivity index (χ1n) is 7.84. The van der Waals surface area contributed by atoms with Crippen LogP contribution in [0.15, 0.2) is 66.7 Å². The van der Waals surface area contributed by atoms with E-state index in [1.54, 1.807) is 18.2 Å². The van der Waals surface area contributed by atoms with Gasteiger partial charge in [0.15, 0.2) is 5.82 Å². The molecule has 0 saturated carbocycles. The van der Waals surface area contributed by atoms with Gasteiger partial charge in [0.05, 0.1) is 5.52 Å². The smallest absolute Gasteiger partial charge is 0.162 e. The molecule has 1 aromatic heterocycles. The van der Waals surface area contributed by atoms with E-state index in [-0.39, 0.29) is 0 Å². The molecular formula is C20H12Cl3N3. The van der Waals surface area contributed by atoms with Gasteiger partial charge in [0.25, 0.3) is 0 Å². The lowest BCUT2D eigenvalue weighted by atomic mass is 10.2. The largest absolute Gasteiger partial charge is 0.340 e. The quantitative estimate of drug-likeness (QED) is 0.402. The van der Waals surface area contributed by atoms with Gasteiger partial charge >= 0.3 is 0 Å². The zero-order chi connectivity index (χ0) is 18.1. The molecule has 0 aliphatic carbocycles. The van der Waals surface area contributed by atoms with Crippen molar-refractivity contribution >= 4 is 57.2 Å². The van der Waals surface area contributed by atoms with Crippen LogP contribution < -0.4 is 5.32 Å². The predicted molar refractivity (Wildman–Crippen MR) is 110 cm³/mol. The van der Waals surface area contributed by atoms with E-state index in [1.807, 2.05) is 48.5 Å². The maximum Gasteiger partial charge on any atom is 0.162 e. The Morgan fingerprint density at radius 3 is 2.12 bits per heavy atom. The molecule has 0 aliphatic rings. The van der Waals surface area contributed by atoms with Crippen LogP contribution in [-0.4, -0.2) is 9.97 Å². The Morgan fingerprint density at radius 1 is 0.692 bits per heavy atom. The Balaban J connectivity index is 1.85. The van der Waals surface area contributed by atoms with Crippen molar-refractivity contribution in [2.45, 2.75) is 0 Å². The molecule has 0 aliphatic heterocycles. The first-order valence-corrected chi connectivity index (χ1v) is 8.98. The van der Waals surface area contributed by atoms with Crippen LogP contribution in [0.4, 0.5) is 11.5 Å².